The van der Waals surface area contributed by atoms with E-state index >= 15 is 0 Å². The van der Waals surface area contributed by atoms with Crippen LogP contribution >= 0.6 is 0 Å². The van der Waals surface area contributed by atoms with E-state index in [2.05, 4.69) is 0 Å². The number of hydrogen-bond donors (Lipinski definition) is 2. The van der Waals surface area contributed by atoms with Gasteiger partial charge in [-0.3, -0.25) is 0 Å². The number of nitrogens with two attached hydrogens (primary N) is 2. The van der Waals surface area contributed by atoms with E-state index in [1.54, 1.807) is 0 Å². The zero-order valence-electron chi connectivity index (χ0n) is 7.49. The highest BCUT2D eigenvalue weighted by atomic mass is 19.1. The Balaban J connectivity index is 3.42. The van der Waals surface area contributed by atoms with Gasteiger partial charge in [0.1, 0.15) is 20.0 Å². The second-order valence-electron chi connectivity index (χ2n) is 2.90. The van der Waals surface area contributed by atoms with Crippen molar-refractivity contribution in [2.24, 2.45) is 0 Å². The summed E-state index contributed by atoms with van der Waals surface area (Å²) in [6, 6.07) is 1.24. The third-order valence-electron chi connectivity index (χ3n) is 2.13. The highest BCUT2D eigenvalue weighted by molar-refractivity contribution is 5.71. The second-order valence-corrected chi connectivity index (χ2v) is 2.90. The highest BCUT2D eigenvalue weighted by Crippen LogP contribution is 2.29. The summed E-state index contributed by atoms with van der Waals surface area (Å²) in [4.78, 5) is 0. The van der Waals surface area contributed by atoms with Crippen LogP contribution in [-0.4, -0.2) is 0 Å². The number of benzene rings is 1. The molecule has 4 N–H and O–H groups in total. The van der Waals surface area contributed by atoms with E-state index in [0.29, 0.717) is 0 Å². The normalized spacial score (nSPS) is 10.5. The Kier molecular flexibility index (Phi) is 3.22. The van der Waals surface area contributed by atoms with Crippen molar-refractivity contribution in [3.63, 3.8) is 0 Å². The van der Waals surface area contributed by atoms with E-state index in [-0.39, 0.29) is 28.1 Å². The van der Waals surface area contributed by atoms with Gasteiger partial charge in [0.25, 0.3) is 0 Å². The molecule has 1 aromatic carbocycles. The molecule has 78 valence electrons. The molecule has 5 heteroatoms. The fourth-order valence-electron chi connectivity index (χ4n) is 1.32. The maximum absolute atomic E-state index is 12.5. The summed E-state index contributed by atoms with van der Waals surface area (Å²) in [5.74, 6) is 0. The van der Waals surface area contributed by atoms with Gasteiger partial charge in [-0.25, -0.2) is 13.2 Å². The maximum atomic E-state index is 12.5. The molecule has 0 fully saturated rings. The second kappa shape index (κ2) is 4.21. The molecule has 0 amide bonds. The van der Waals surface area contributed by atoms with Crippen molar-refractivity contribution >= 4 is 11.4 Å². The standard InChI is InChI=1S/C9H11F3N2/c10-2-5-1-8(13)9(14)7(4-12)6(5)3-11/h1H,2-4,13-14H2. The van der Waals surface area contributed by atoms with Crippen molar-refractivity contribution in [1.29, 1.82) is 0 Å². The summed E-state index contributed by atoms with van der Waals surface area (Å²) in [6.45, 7) is -2.76. The zero-order valence-corrected chi connectivity index (χ0v) is 7.49. The highest BCUT2D eigenvalue weighted by Gasteiger charge is 2.14. The number of nitrogen functional groups attached to an aromatic ring is 2. The summed E-state index contributed by atoms with van der Waals surface area (Å²) in [5.41, 5.74) is 10.9. The lowest BCUT2D eigenvalue weighted by Gasteiger charge is -2.13. The van der Waals surface area contributed by atoms with Crippen LogP contribution in [0.3, 0.4) is 0 Å². The summed E-state index contributed by atoms with van der Waals surface area (Å²) in [6.07, 6.45) is 0. The molecule has 0 radical (unpaired) electrons. The van der Waals surface area contributed by atoms with Crippen LogP contribution in [0.5, 0.6) is 0 Å². The van der Waals surface area contributed by atoms with E-state index in [1.807, 2.05) is 0 Å². The lowest BCUT2D eigenvalue weighted by molar-refractivity contribution is 0.437. The van der Waals surface area contributed by atoms with E-state index in [1.165, 1.54) is 6.07 Å². The van der Waals surface area contributed by atoms with Crippen LogP contribution in [0.4, 0.5) is 24.5 Å². The fourth-order valence-corrected chi connectivity index (χ4v) is 1.32. The van der Waals surface area contributed by atoms with Gasteiger partial charge in [-0.05, 0) is 17.2 Å². The van der Waals surface area contributed by atoms with Crippen molar-refractivity contribution in [3.8, 4) is 0 Å². The van der Waals surface area contributed by atoms with Gasteiger partial charge in [0, 0.05) is 5.56 Å². The Labute approximate surface area is 79.7 Å². The van der Waals surface area contributed by atoms with Gasteiger partial charge in [-0.15, -0.1) is 0 Å². The average Bonchev–Trinajstić information content (AvgIpc) is 2.20. The summed E-state index contributed by atoms with van der Waals surface area (Å²) >= 11 is 0. The number of anilines is 2. The van der Waals surface area contributed by atoms with Crippen molar-refractivity contribution in [2.75, 3.05) is 11.5 Å². The molecule has 14 heavy (non-hydrogen) atoms. The van der Waals surface area contributed by atoms with Gasteiger partial charge in [0.15, 0.2) is 0 Å². The first-order valence-electron chi connectivity index (χ1n) is 4.02. The first kappa shape index (κ1) is 10.7. The molecule has 1 rings (SSSR count). The van der Waals surface area contributed by atoms with Crippen LogP contribution < -0.4 is 11.5 Å². The van der Waals surface area contributed by atoms with Gasteiger partial charge in [-0.1, -0.05) is 0 Å². The number of rotatable bonds is 3. The fraction of sp³-hybridized carbons (Fsp3) is 0.333. The molecule has 0 aliphatic carbocycles. The molecular weight excluding hydrogens is 193 g/mol. The molecule has 0 saturated carbocycles. The zero-order chi connectivity index (χ0) is 10.7. The number of alkyl halides is 3. The Morgan fingerprint density at radius 1 is 0.929 bits per heavy atom. The van der Waals surface area contributed by atoms with Crippen molar-refractivity contribution in [1.82, 2.24) is 0 Å². The summed E-state index contributed by atoms with van der Waals surface area (Å²) in [7, 11) is 0. The molecule has 0 bridgehead atoms. The summed E-state index contributed by atoms with van der Waals surface area (Å²) in [5, 5.41) is 0. The minimum Gasteiger partial charge on any atom is -0.397 e. The minimum absolute atomic E-state index is 0.00245. The quantitative estimate of drug-likeness (QED) is 0.742. The van der Waals surface area contributed by atoms with Gasteiger partial charge in [-0.2, -0.15) is 0 Å². The van der Waals surface area contributed by atoms with E-state index in [4.69, 9.17) is 11.5 Å². The molecular formula is C9H11F3N2. The Morgan fingerprint density at radius 2 is 1.50 bits per heavy atom. The molecule has 0 aliphatic rings. The van der Waals surface area contributed by atoms with Crippen LogP contribution in [0.25, 0.3) is 0 Å². The molecule has 0 heterocycles. The topological polar surface area (TPSA) is 52.0 Å². The minimum atomic E-state index is -0.941. The molecule has 2 nitrogen and oxygen atoms in total. The van der Waals surface area contributed by atoms with Crippen LogP contribution in [0, 0.1) is 0 Å². The van der Waals surface area contributed by atoms with Gasteiger partial charge in [0.05, 0.1) is 11.4 Å². The first-order chi connectivity index (χ1) is 6.65. The van der Waals surface area contributed by atoms with E-state index in [0.717, 1.165) is 0 Å². The van der Waals surface area contributed by atoms with Crippen LogP contribution in [0.15, 0.2) is 6.07 Å². The predicted molar refractivity (Wildman–Crippen MR) is 49.7 cm³/mol. The molecule has 0 saturated heterocycles. The lowest BCUT2D eigenvalue weighted by atomic mass is 10.00. The predicted octanol–water partition coefficient (Wildman–Crippen LogP) is 2.26. The Bertz CT molecular complexity index is 339. The van der Waals surface area contributed by atoms with E-state index < -0.39 is 20.0 Å². The van der Waals surface area contributed by atoms with Gasteiger partial charge >= 0.3 is 0 Å². The maximum Gasteiger partial charge on any atom is 0.117 e. The Hall–Kier alpha value is -1.39. The third-order valence-corrected chi connectivity index (χ3v) is 2.13. The summed E-state index contributed by atoms with van der Waals surface area (Å²) < 4.78 is 37.4. The number of hydrogen-bond acceptors (Lipinski definition) is 2. The van der Waals surface area contributed by atoms with Crippen molar-refractivity contribution < 1.29 is 13.2 Å². The van der Waals surface area contributed by atoms with Crippen LogP contribution in [0.2, 0.25) is 0 Å². The molecule has 0 atom stereocenters. The molecule has 1 aromatic rings. The lowest BCUT2D eigenvalue weighted by Crippen LogP contribution is -2.05. The van der Waals surface area contributed by atoms with Gasteiger partial charge < -0.3 is 11.5 Å². The average molecular weight is 204 g/mol. The van der Waals surface area contributed by atoms with Crippen LogP contribution in [0.1, 0.15) is 16.7 Å². The Morgan fingerprint density at radius 3 is 1.93 bits per heavy atom. The van der Waals surface area contributed by atoms with Crippen molar-refractivity contribution in [3.05, 3.63) is 22.8 Å². The van der Waals surface area contributed by atoms with Gasteiger partial charge in [0.2, 0.25) is 0 Å². The SMILES string of the molecule is Nc1cc(CF)c(CF)c(CF)c1N. The third kappa shape index (κ3) is 1.62. The van der Waals surface area contributed by atoms with Crippen LogP contribution in [-0.2, 0) is 20.0 Å². The van der Waals surface area contributed by atoms with Crippen molar-refractivity contribution in [2.45, 2.75) is 20.0 Å². The monoisotopic (exact) mass is 204 g/mol. The van der Waals surface area contributed by atoms with E-state index in [9.17, 15) is 13.2 Å². The molecule has 0 aromatic heterocycles. The first-order valence-corrected chi connectivity index (χ1v) is 4.02. The molecule has 0 unspecified atom stereocenters. The number of halogens is 3. The largest absolute Gasteiger partial charge is 0.397 e. The molecule has 0 spiro atoms. The smallest absolute Gasteiger partial charge is 0.117 e. The molecule has 0 aliphatic heterocycles.